The maximum atomic E-state index is 11.0. The third-order valence-electron chi connectivity index (χ3n) is 2.42. The van der Waals surface area contributed by atoms with Gasteiger partial charge in [0.1, 0.15) is 6.61 Å². The highest BCUT2D eigenvalue weighted by molar-refractivity contribution is 5.67. The third kappa shape index (κ3) is 5.42. The van der Waals surface area contributed by atoms with Gasteiger partial charge in [-0.1, -0.05) is 11.6 Å². The molecule has 0 saturated carbocycles. The SMILES string of the molecule is O=C(NCCC1=CCCCC1)OCCO. The Morgan fingerprint density at radius 2 is 2.40 bits per heavy atom. The number of hydrogen-bond donors (Lipinski definition) is 2. The summed E-state index contributed by atoms with van der Waals surface area (Å²) in [5.41, 5.74) is 1.43. The number of aliphatic hydroxyl groups is 1. The second kappa shape index (κ2) is 7.29. The Kier molecular flexibility index (Phi) is 5.85. The molecule has 0 aromatic carbocycles. The van der Waals surface area contributed by atoms with Gasteiger partial charge < -0.3 is 15.2 Å². The van der Waals surface area contributed by atoms with Gasteiger partial charge >= 0.3 is 6.09 Å². The van der Waals surface area contributed by atoms with Crippen LogP contribution in [-0.4, -0.2) is 31.0 Å². The zero-order valence-electron chi connectivity index (χ0n) is 9.00. The van der Waals surface area contributed by atoms with Gasteiger partial charge in [0, 0.05) is 6.54 Å². The van der Waals surface area contributed by atoms with Crippen molar-refractivity contribution in [1.82, 2.24) is 5.32 Å². The third-order valence-corrected chi connectivity index (χ3v) is 2.42. The lowest BCUT2D eigenvalue weighted by Crippen LogP contribution is -2.26. The largest absolute Gasteiger partial charge is 0.447 e. The fourth-order valence-corrected chi connectivity index (χ4v) is 1.65. The summed E-state index contributed by atoms with van der Waals surface area (Å²) in [4.78, 5) is 11.0. The van der Waals surface area contributed by atoms with E-state index >= 15 is 0 Å². The van der Waals surface area contributed by atoms with Crippen molar-refractivity contribution in [2.75, 3.05) is 19.8 Å². The molecule has 1 amide bonds. The van der Waals surface area contributed by atoms with E-state index in [0.717, 1.165) is 12.8 Å². The van der Waals surface area contributed by atoms with Crippen molar-refractivity contribution in [3.8, 4) is 0 Å². The number of amides is 1. The molecule has 4 heteroatoms. The minimum absolute atomic E-state index is 0.0640. The number of nitrogens with one attached hydrogen (secondary N) is 1. The van der Waals surface area contributed by atoms with Gasteiger partial charge in [-0.3, -0.25) is 0 Å². The highest BCUT2D eigenvalue weighted by Gasteiger charge is 2.04. The van der Waals surface area contributed by atoms with Crippen LogP contribution in [0.4, 0.5) is 4.79 Å². The second-order valence-electron chi connectivity index (χ2n) is 3.64. The van der Waals surface area contributed by atoms with E-state index in [2.05, 4.69) is 16.1 Å². The smallest absolute Gasteiger partial charge is 0.407 e. The molecule has 0 fully saturated rings. The van der Waals surface area contributed by atoms with Gasteiger partial charge in [0.2, 0.25) is 0 Å². The zero-order valence-corrected chi connectivity index (χ0v) is 9.00. The van der Waals surface area contributed by atoms with Crippen molar-refractivity contribution < 1.29 is 14.6 Å². The Hall–Kier alpha value is -1.03. The van der Waals surface area contributed by atoms with E-state index in [0.29, 0.717) is 6.54 Å². The van der Waals surface area contributed by atoms with Gasteiger partial charge in [-0.15, -0.1) is 0 Å². The van der Waals surface area contributed by atoms with Gasteiger partial charge in [0.15, 0.2) is 0 Å². The van der Waals surface area contributed by atoms with Crippen molar-refractivity contribution >= 4 is 6.09 Å². The molecule has 0 unspecified atom stereocenters. The van der Waals surface area contributed by atoms with Crippen LogP contribution in [0.3, 0.4) is 0 Å². The van der Waals surface area contributed by atoms with Gasteiger partial charge in [0.25, 0.3) is 0 Å². The van der Waals surface area contributed by atoms with Crippen LogP contribution in [0.15, 0.2) is 11.6 Å². The molecule has 4 nitrogen and oxygen atoms in total. The summed E-state index contributed by atoms with van der Waals surface area (Å²) in [6.07, 6.45) is 7.62. The summed E-state index contributed by atoms with van der Waals surface area (Å²) in [6, 6.07) is 0. The summed E-state index contributed by atoms with van der Waals surface area (Å²) in [5.74, 6) is 0. The van der Waals surface area contributed by atoms with Crippen molar-refractivity contribution in [2.24, 2.45) is 0 Å². The Morgan fingerprint density at radius 3 is 3.07 bits per heavy atom. The molecule has 0 aromatic heterocycles. The molecule has 0 atom stereocenters. The van der Waals surface area contributed by atoms with Gasteiger partial charge in [-0.05, 0) is 32.1 Å². The normalized spacial score (nSPS) is 15.7. The molecule has 2 N–H and O–H groups in total. The van der Waals surface area contributed by atoms with Crippen molar-refractivity contribution in [2.45, 2.75) is 32.1 Å². The number of carbonyl (C=O) groups is 1. The van der Waals surface area contributed by atoms with E-state index in [4.69, 9.17) is 5.11 Å². The topological polar surface area (TPSA) is 58.6 Å². The molecular weight excluding hydrogens is 194 g/mol. The van der Waals surface area contributed by atoms with Gasteiger partial charge in [-0.25, -0.2) is 4.79 Å². The molecule has 0 aromatic rings. The number of hydrogen-bond acceptors (Lipinski definition) is 3. The van der Waals surface area contributed by atoms with Crippen molar-refractivity contribution in [3.05, 3.63) is 11.6 Å². The van der Waals surface area contributed by atoms with Crippen molar-refractivity contribution in [1.29, 1.82) is 0 Å². The maximum absolute atomic E-state index is 11.0. The zero-order chi connectivity index (χ0) is 10.9. The highest BCUT2D eigenvalue weighted by atomic mass is 16.6. The fraction of sp³-hybridized carbons (Fsp3) is 0.727. The fourth-order valence-electron chi connectivity index (χ4n) is 1.65. The summed E-state index contributed by atoms with van der Waals surface area (Å²) >= 11 is 0. The lowest BCUT2D eigenvalue weighted by Gasteiger charge is -2.12. The van der Waals surface area contributed by atoms with Gasteiger partial charge in [-0.2, -0.15) is 0 Å². The quantitative estimate of drug-likeness (QED) is 0.682. The molecule has 1 aliphatic carbocycles. The van der Waals surface area contributed by atoms with Crippen LogP contribution in [0, 0.1) is 0 Å². The van der Waals surface area contributed by atoms with E-state index in [1.54, 1.807) is 0 Å². The molecule has 15 heavy (non-hydrogen) atoms. The molecule has 0 bridgehead atoms. The number of rotatable bonds is 5. The number of carbonyl (C=O) groups excluding carboxylic acids is 1. The lowest BCUT2D eigenvalue weighted by molar-refractivity contribution is 0.119. The summed E-state index contributed by atoms with van der Waals surface area (Å²) in [6.45, 7) is 0.559. The van der Waals surface area contributed by atoms with Crippen LogP contribution in [0.5, 0.6) is 0 Å². The van der Waals surface area contributed by atoms with Crippen molar-refractivity contribution in [3.63, 3.8) is 0 Å². The molecule has 1 rings (SSSR count). The van der Waals surface area contributed by atoms with E-state index in [1.165, 1.54) is 24.8 Å². The average Bonchev–Trinajstić information content (AvgIpc) is 2.28. The first-order valence-corrected chi connectivity index (χ1v) is 5.52. The minimum Gasteiger partial charge on any atom is -0.447 e. The summed E-state index contributed by atoms with van der Waals surface area (Å²) < 4.78 is 4.66. The van der Waals surface area contributed by atoms with Crippen LogP contribution < -0.4 is 5.32 Å². The average molecular weight is 213 g/mol. The summed E-state index contributed by atoms with van der Waals surface area (Å²) in [5, 5.41) is 11.1. The molecule has 0 radical (unpaired) electrons. The van der Waals surface area contributed by atoms with E-state index in [-0.39, 0.29) is 13.2 Å². The van der Waals surface area contributed by atoms with E-state index < -0.39 is 6.09 Å². The number of alkyl carbamates (subject to hydrolysis) is 1. The number of aliphatic hydroxyl groups excluding tert-OH is 1. The molecular formula is C11H19NO3. The molecule has 0 spiro atoms. The minimum atomic E-state index is -0.444. The first-order chi connectivity index (χ1) is 7.33. The van der Waals surface area contributed by atoms with Crippen LogP contribution in [0.2, 0.25) is 0 Å². The molecule has 1 aliphatic rings. The van der Waals surface area contributed by atoms with Gasteiger partial charge in [0.05, 0.1) is 6.61 Å². The Morgan fingerprint density at radius 1 is 1.53 bits per heavy atom. The second-order valence-corrected chi connectivity index (χ2v) is 3.64. The Balaban J connectivity index is 2.04. The number of ether oxygens (including phenoxy) is 1. The van der Waals surface area contributed by atoms with E-state index in [9.17, 15) is 4.79 Å². The molecule has 86 valence electrons. The maximum Gasteiger partial charge on any atom is 0.407 e. The predicted molar refractivity (Wildman–Crippen MR) is 57.6 cm³/mol. The van der Waals surface area contributed by atoms with Crippen LogP contribution in [0.25, 0.3) is 0 Å². The van der Waals surface area contributed by atoms with Crippen LogP contribution in [0.1, 0.15) is 32.1 Å². The highest BCUT2D eigenvalue weighted by Crippen LogP contribution is 2.19. The molecule has 0 aliphatic heterocycles. The lowest BCUT2D eigenvalue weighted by atomic mass is 9.97. The van der Waals surface area contributed by atoms with Crippen LogP contribution in [-0.2, 0) is 4.74 Å². The Labute approximate surface area is 90.3 Å². The first kappa shape index (κ1) is 12.0. The van der Waals surface area contributed by atoms with Crippen LogP contribution >= 0.6 is 0 Å². The summed E-state index contributed by atoms with van der Waals surface area (Å²) in [7, 11) is 0. The molecule has 0 heterocycles. The monoisotopic (exact) mass is 213 g/mol. The van der Waals surface area contributed by atoms with E-state index in [1.807, 2.05) is 0 Å². The number of allylic oxidation sites excluding steroid dienone is 1. The standard InChI is InChI=1S/C11H19NO3/c13-8-9-15-11(14)12-7-6-10-4-2-1-3-5-10/h4,13H,1-3,5-9H2,(H,12,14). The Bertz CT molecular complexity index is 226. The first-order valence-electron chi connectivity index (χ1n) is 5.52. The molecule has 0 saturated heterocycles. The predicted octanol–water partition coefficient (Wildman–Crippen LogP) is 1.60.